The molecular weight excluding hydrogens is 441 g/mol. The van der Waals surface area contributed by atoms with Crippen LogP contribution in [0.2, 0.25) is 0 Å². The topological polar surface area (TPSA) is 88.6 Å². The molecule has 2 N–H and O–H groups in total. The van der Waals surface area contributed by atoms with Crippen LogP contribution in [0.3, 0.4) is 0 Å². The van der Waals surface area contributed by atoms with Gasteiger partial charge in [-0.1, -0.05) is 17.4 Å². The molecular formula is C21H15F3N6OS. The number of halogens is 3. The number of ether oxygens (including phenoxy) is 1. The van der Waals surface area contributed by atoms with E-state index >= 15 is 0 Å². The van der Waals surface area contributed by atoms with Crippen LogP contribution in [0.25, 0.3) is 21.6 Å². The molecule has 0 saturated carbocycles. The third kappa shape index (κ3) is 4.19. The Hall–Kier alpha value is -3.73. The first kappa shape index (κ1) is 20.2. The summed E-state index contributed by atoms with van der Waals surface area (Å²) in [7, 11) is 0. The number of nitrogens with zero attached hydrogens (tertiary/aromatic N) is 4. The molecule has 5 rings (SSSR count). The zero-order valence-corrected chi connectivity index (χ0v) is 17.1. The Morgan fingerprint density at radius 3 is 2.75 bits per heavy atom. The second-order valence-electron chi connectivity index (χ2n) is 6.99. The lowest BCUT2D eigenvalue weighted by Crippen LogP contribution is -2.22. The number of benzene rings is 1. The van der Waals surface area contributed by atoms with Gasteiger partial charge < -0.3 is 15.0 Å². The zero-order valence-electron chi connectivity index (χ0n) is 16.3. The van der Waals surface area contributed by atoms with E-state index in [1.165, 1.54) is 29.8 Å². The maximum absolute atomic E-state index is 13.0. The first-order valence-corrected chi connectivity index (χ1v) is 10.4. The molecule has 3 heterocycles. The van der Waals surface area contributed by atoms with E-state index in [0.29, 0.717) is 33.1 Å². The highest BCUT2D eigenvalue weighted by Gasteiger charge is 2.38. The minimum absolute atomic E-state index is 0.0604. The molecule has 32 heavy (non-hydrogen) atoms. The number of H-pyrrole nitrogens is 1. The highest BCUT2D eigenvalue weighted by Crippen LogP contribution is 2.35. The van der Waals surface area contributed by atoms with Crippen LogP contribution in [0.1, 0.15) is 6.42 Å². The lowest BCUT2D eigenvalue weighted by Gasteiger charge is -2.19. The van der Waals surface area contributed by atoms with Crippen LogP contribution in [-0.4, -0.2) is 31.3 Å². The molecule has 3 aromatic heterocycles. The van der Waals surface area contributed by atoms with E-state index in [-0.39, 0.29) is 6.42 Å². The van der Waals surface area contributed by atoms with E-state index in [1.54, 1.807) is 24.4 Å². The van der Waals surface area contributed by atoms with E-state index < -0.39 is 12.1 Å². The Labute approximate surface area is 183 Å². The average molecular weight is 456 g/mol. The van der Waals surface area contributed by atoms with Gasteiger partial charge in [0.25, 0.3) is 0 Å². The van der Waals surface area contributed by atoms with Gasteiger partial charge in [0.1, 0.15) is 22.7 Å². The summed E-state index contributed by atoms with van der Waals surface area (Å²) in [4.78, 5) is 11.3. The smallest absolute Gasteiger partial charge is 0.395 e. The van der Waals surface area contributed by atoms with Gasteiger partial charge in [-0.3, -0.25) is 0 Å². The van der Waals surface area contributed by atoms with E-state index in [1.807, 2.05) is 18.2 Å². The molecule has 1 aliphatic carbocycles. The Morgan fingerprint density at radius 2 is 1.94 bits per heavy atom. The molecule has 0 spiro atoms. The normalized spacial score (nSPS) is 16.2. The van der Waals surface area contributed by atoms with Crippen LogP contribution < -0.4 is 10.1 Å². The molecule has 0 radical (unpaired) electrons. The molecule has 0 bridgehead atoms. The van der Waals surface area contributed by atoms with Crippen LogP contribution >= 0.6 is 11.3 Å². The Kier molecular flexibility index (Phi) is 5.10. The highest BCUT2D eigenvalue weighted by atomic mass is 32.1. The fraction of sp³-hybridized carbons (Fsp3) is 0.143. The molecule has 4 aromatic rings. The van der Waals surface area contributed by atoms with Crippen molar-refractivity contribution in [2.75, 3.05) is 5.32 Å². The largest absolute Gasteiger partial charge is 0.438 e. The van der Waals surface area contributed by atoms with Crippen molar-refractivity contribution in [3.05, 3.63) is 66.8 Å². The molecule has 0 saturated heterocycles. The van der Waals surface area contributed by atoms with Crippen molar-refractivity contribution in [1.29, 1.82) is 0 Å². The number of nitrogens with one attached hydrogen (secondary N) is 2. The summed E-state index contributed by atoms with van der Waals surface area (Å²) in [6.45, 7) is 0. The van der Waals surface area contributed by atoms with Gasteiger partial charge in [0.05, 0.1) is 11.3 Å². The number of aromatic amines is 1. The fourth-order valence-electron chi connectivity index (χ4n) is 3.21. The number of rotatable bonds is 5. The molecule has 7 nitrogen and oxygen atoms in total. The fourth-order valence-corrected chi connectivity index (χ4v) is 3.98. The summed E-state index contributed by atoms with van der Waals surface area (Å²) in [5.74, 6) is -0.469. The number of allylic oxidation sites excluding steroid dienone is 3. The van der Waals surface area contributed by atoms with Crippen LogP contribution in [0.5, 0.6) is 11.6 Å². The number of hydrogen-bond acceptors (Lipinski definition) is 7. The number of alkyl halides is 3. The maximum atomic E-state index is 13.0. The van der Waals surface area contributed by atoms with Crippen molar-refractivity contribution in [1.82, 2.24) is 25.1 Å². The lowest BCUT2D eigenvalue weighted by atomic mass is 9.99. The molecule has 1 aliphatic rings. The molecule has 0 fully saturated rings. The first-order chi connectivity index (χ1) is 15.5. The molecule has 0 amide bonds. The van der Waals surface area contributed by atoms with Gasteiger partial charge in [-0.25, -0.2) is 9.97 Å². The summed E-state index contributed by atoms with van der Waals surface area (Å²) >= 11 is 1.25. The Bertz CT molecular complexity index is 1310. The van der Waals surface area contributed by atoms with E-state index in [2.05, 4.69) is 30.5 Å². The second kappa shape index (κ2) is 8.08. The van der Waals surface area contributed by atoms with Crippen molar-refractivity contribution in [3.8, 4) is 22.2 Å². The Balaban J connectivity index is 1.29. The summed E-state index contributed by atoms with van der Waals surface area (Å²) in [5.41, 5.74) is 1.84. The highest BCUT2D eigenvalue weighted by molar-refractivity contribution is 7.18. The summed E-state index contributed by atoms with van der Waals surface area (Å²) in [5, 5.41) is 12.9. The minimum atomic E-state index is -4.27. The number of hydrogen-bond donors (Lipinski definition) is 2. The number of anilines is 1. The molecule has 11 heteroatoms. The SMILES string of the molecule is FC(F)(F)C1C=C(Nc2nnc(-c3ccc(Oc4ncnc5[nH]ccc45)cc3)s2)C=CC1. The molecule has 1 atom stereocenters. The van der Waals surface area contributed by atoms with Crippen molar-refractivity contribution in [2.24, 2.45) is 5.92 Å². The van der Waals surface area contributed by atoms with E-state index in [9.17, 15) is 13.2 Å². The minimum Gasteiger partial charge on any atom is -0.438 e. The summed E-state index contributed by atoms with van der Waals surface area (Å²) in [6, 6.07) is 9.06. The molecule has 162 valence electrons. The van der Waals surface area contributed by atoms with Crippen LogP contribution in [-0.2, 0) is 0 Å². The summed E-state index contributed by atoms with van der Waals surface area (Å²) in [6.07, 6.45) is 3.14. The zero-order chi connectivity index (χ0) is 22.1. The predicted octanol–water partition coefficient (Wildman–Crippen LogP) is 5.70. The van der Waals surface area contributed by atoms with Gasteiger partial charge in [0, 0.05) is 17.5 Å². The number of aromatic nitrogens is 5. The van der Waals surface area contributed by atoms with Crippen molar-refractivity contribution in [2.45, 2.75) is 12.6 Å². The summed E-state index contributed by atoms with van der Waals surface area (Å²) < 4.78 is 44.7. The van der Waals surface area contributed by atoms with Gasteiger partial charge in [-0.2, -0.15) is 13.2 Å². The third-order valence-electron chi connectivity index (χ3n) is 4.80. The van der Waals surface area contributed by atoms with Crippen LogP contribution in [0, 0.1) is 5.92 Å². The molecule has 1 unspecified atom stereocenters. The molecule has 1 aromatic carbocycles. The van der Waals surface area contributed by atoms with Crippen molar-refractivity contribution in [3.63, 3.8) is 0 Å². The first-order valence-electron chi connectivity index (χ1n) is 9.58. The van der Waals surface area contributed by atoms with E-state index in [0.717, 1.165) is 10.9 Å². The average Bonchev–Trinajstić information content (AvgIpc) is 3.44. The van der Waals surface area contributed by atoms with Crippen LogP contribution in [0.4, 0.5) is 18.3 Å². The van der Waals surface area contributed by atoms with Crippen LogP contribution in [0.15, 0.2) is 66.8 Å². The van der Waals surface area contributed by atoms with Gasteiger partial charge in [0.2, 0.25) is 11.0 Å². The van der Waals surface area contributed by atoms with Crippen molar-refractivity contribution < 1.29 is 17.9 Å². The molecule has 0 aliphatic heterocycles. The van der Waals surface area contributed by atoms with Gasteiger partial charge in [-0.05, 0) is 48.9 Å². The second-order valence-corrected chi connectivity index (χ2v) is 7.97. The Morgan fingerprint density at radius 1 is 1.09 bits per heavy atom. The maximum Gasteiger partial charge on any atom is 0.395 e. The van der Waals surface area contributed by atoms with E-state index in [4.69, 9.17) is 4.74 Å². The predicted molar refractivity (Wildman–Crippen MR) is 114 cm³/mol. The standard InChI is InChI=1S/C21H15F3N6OS/c22-21(23,24)13-2-1-3-14(10-13)28-20-30-29-19(32-20)12-4-6-15(7-5-12)31-18-16-8-9-25-17(16)26-11-27-18/h1,3-11,13H,2H2,(H,28,30)(H,25,26,27). The van der Waals surface area contributed by atoms with Crippen molar-refractivity contribution >= 4 is 27.5 Å². The monoisotopic (exact) mass is 456 g/mol. The quantitative estimate of drug-likeness (QED) is 0.400. The van der Waals surface area contributed by atoms with Gasteiger partial charge in [0.15, 0.2) is 0 Å². The lowest BCUT2D eigenvalue weighted by molar-refractivity contribution is -0.160. The number of fused-ring (bicyclic) bond motifs is 1. The van der Waals surface area contributed by atoms with Gasteiger partial charge in [-0.15, -0.1) is 10.2 Å². The van der Waals surface area contributed by atoms with Gasteiger partial charge >= 0.3 is 6.18 Å². The third-order valence-corrected chi connectivity index (χ3v) is 5.69.